The number of pyridine rings is 2. The van der Waals surface area contributed by atoms with E-state index in [-0.39, 0.29) is 11.9 Å². The standard InChI is InChI=1S/C17H15FN6/c18-14-2-1-4-20-17(14)24-9-11-6-12(24)8-23(11)16-13-3-5-19-7-15(13)21-10-22-16/h1-5,7,10-12H,6,8-9H2. The fourth-order valence-electron chi connectivity index (χ4n) is 3.90. The lowest BCUT2D eigenvalue weighted by molar-refractivity contribution is 0.584. The van der Waals surface area contributed by atoms with E-state index in [4.69, 9.17) is 0 Å². The van der Waals surface area contributed by atoms with Gasteiger partial charge in [0.25, 0.3) is 0 Å². The predicted octanol–water partition coefficient (Wildman–Crippen LogP) is 2.03. The fraction of sp³-hybridized carbons (Fsp3) is 0.294. The quantitative estimate of drug-likeness (QED) is 0.719. The number of fused-ring (bicyclic) bond motifs is 3. The Morgan fingerprint density at radius 2 is 1.79 bits per heavy atom. The van der Waals surface area contributed by atoms with E-state index < -0.39 is 0 Å². The molecule has 0 aliphatic carbocycles. The summed E-state index contributed by atoms with van der Waals surface area (Å²) in [6.07, 6.45) is 7.74. The zero-order valence-electron chi connectivity index (χ0n) is 12.9. The molecule has 24 heavy (non-hydrogen) atoms. The smallest absolute Gasteiger partial charge is 0.165 e. The second kappa shape index (κ2) is 5.09. The molecular formula is C17H15FN6. The Kier molecular flexibility index (Phi) is 2.88. The van der Waals surface area contributed by atoms with E-state index in [0.29, 0.717) is 11.9 Å². The van der Waals surface area contributed by atoms with Crippen molar-refractivity contribution in [1.29, 1.82) is 0 Å². The lowest BCUT2D eigenvalue weighted by Crippen LogP contribution is -2.47. The first-order valence-corrected chi connectivity index (χ1v) is 8.00. The second-order valence-electron chi connectivity index (χ2n) is 6.25. The van der Waals surface area contributed by atoms with Crippen molar-refractivity contribution in [3.63, 3.8) is 0 Å². The molecule has 2 aliphatic rings. The summed E-state index contributed by atoms with van der Waals surface area (Å²) < 4.78 is 14.0. The predicted molar refractivity (Wildman–Crippen MR) is 88.4 cm³/mol. The topological polar surface area (TPSA) is 58.0 Å². The third-order valence-corrected chi connectivity index (χ3v) is 4.94. The lowest BCUT2D eigenvalue weighted by Gasteiger charge is -2.35. The van der Waals surface area contributed by atoms with Crippen molar-refractivity contribution in [1.82, 2.24) is 19.9 Å². The lowest BCUT2D eigenvalue weighted by atomic mass is 10.2. The monoisotopic (exact) mass is 322 g/mol. The largest absolute Gasteiger partial charge is 0.349 e. The maximum Gasteiger partial charge on any atom is 0.165 e. The van der Waals surface area contributed by atoms with Crippen molar-refractivity contribution in [2.24, 2.45) is 0 Å². The molecule has 2 bridgehead atoms. The van der Waals surface area contributed by atoms with Crippen molar-refractivity contribution in [2.75, 3.05) is 22.9 Å². The van der Waals surface area contributed by atoms with E-state index in [1.54, 1.807) is 31.0 Å². The Bertz CT molecular complexity index is 911. The van der Waals surface area contributed by atoms with E-state index >= 15 is 0 Å². The number of hydrogen-bond acceptors (Lipinski definition) is 6. The molecule has 5 heterocycles. The fourth-order valence-corrected chi connectivity index (χ4v) is 3.90. The van der Waals surface area contributed by atoms with Crippen LogP contribution in [0.2, 0.25) is 0 Å². The van der Waals surface area contributed by atoms with E-state index in [9.17, 15) is 4.39 Å². The molecule has 2 fully saturated rings. The first-order chi connectivity index (χ1) is 11.8. The highest BCUT2D eigenvalue weighted by atomic mass is 19.1. The molecule has 120 valence electrons. The molecule has 2 unspecified atom stereocenters. The summed E-state index contributed by atoms with van der Waals surface area (Å²) in [6, 6.07) is 5.61. The Hall–Kier alpha value is -2.83. The van der Waals surface area contributed by atoms with E-state index in [0.717, 1.165) is 36.2 Å². The molecule has 3 aromatic rings. The summed E-state index contributed by atoms with van der Waals surface area (Å²) in [5.74, 6) is 1.15. The van der Waals surface area contributed by atoms with Gasteiger partial charge in [0.1, 0.15) is 12.1 Å². The average Bonchev–Trinajstić information content (AvgIpc) is 3.22. The second-order valence-corrected chi connectivity index (χ2v) is 6.25. The van der Waals surface area contributed by atoms with Crippen molar-refractivity contribution in [2.45, 2.75) is 18.5 Å². The minimum atomic E-state index is -0.254. The number of rotatable bonds is 2. The van der Waals surface area contributed by atoms with Crippen molar-refractivity contribution < 1.29 is 4.39 Å². The molecule has 6 nitrogen and oxygen atoms in total. The highest BCUT2D eigenvalue weighted by Gasteiger charge is 2.45. The van der Waals surface area contributed by atoms with Crippen molar-refractivity contribution in [3.05, 3.63) is 48.9 Å². The minimum Gasteiger partial charge on any atom is -0.349 e. The van der Waals surface area contributed by atoms with Crippen LogP contribution in [0.5, 0.6) is 0 Å². The van der Waals surface area contributed by atoms with Gasteiger partial charge in [-0.3, -0.25) is 4.98 Å². The normalized spacial score (nSPS) is 22.5. The minimum absolute atomic E-state index is 0.254. The maximum atomic E-state index is 14.0. The van der Waals surface area contributed by atoms with Gasteiger partial charge >= 0.3 is 0 Å². The van der Waals surface area contributed by atoms with Crippen LogP contribution in [-0.4, -0.2) is 45.1 Å². The number of piperazine rings is 1. The van der Waals surface area contributed by atoms with Gasteiger partial charge in [-0.2, -0.15) is 0 Å². The Morgan fingerprint density at radius 3 is 2.58 bits per heavy atom. The molecule has 2 saturated heterocycles. The number of anilines is 2. The molecular weight excluding hydrogens is 307 g/mol. The van der Waals surface area contributed by atoms with Crippen LogP contribution in [-0.2, 0) is 0 Å². The van der Waals surface area contributed by atoms with Gasteiger partial charge in [0.2, 0.25) is 0 Å². The molecule has 7 heteroatoms. The van der Waals surface area contributed by atoms with Gasteiger partial charge in [-0.25, -0.2) is 19.3 Å². The molecule has 0 N–H and O–H groups in total. The molecule has 0 amide bonds. The number of aromatic nitrogens is 4. The molecule has 3 aromatic heterocycles. The average molecular weight is 322 g/mol. The van der Waals surface area contributed by atoms with Crippen LogP contribution in [0.4, 0.5) is 16.0 Å². The molecule has 2 aliphatic heterocycles. The molecule has 2 atom stereocenters. The van der Waals surface area contributed by atoms with Gasteiger partial charge in [-0.05, 0) is 24.6 Å². The third kappa shape index (κ3) is 1.94. The van der Waals surface area contributed by atoms with Crippen LogP contribution in [0.3, 0.4) is 0 Å². The Balaban J connectivity index is 1.48. The van der Waals surface area contributed by atoms with Crippen LogP contribution in [0.25, 0.3) is 10.9 Å². The summed E-state index contributed by atoms with van der Waals surface area (Å²) in [5.41, 5.74) is 0.845. The molecule has 0 saturated carbocycles. The van der Waals surface area contributed by atoms with Gasteiger partial charge in [0, 0.05) is 30.9 Å². The van der Waals surface area contributed by atoms with Crippen molar-refractivity contribution in [3.8, 4) is 0 Å². The van der Waals surface area contributed by atoms with Gasteiger partial charge in [-0.1, -0.05) is 0 Å². The van der Waals surface area contributed by atoms with Crippen LogP contribution in [0.15, 0.2) is 43.1 Å². The van der Waals surface area contributed by atoms with Crippen LogP contribution >= 0.6 is 0 Å². The van der Waals surface area contributed by atoms with Gasteiger partial charge in [-0.15, -0.1) is 0 Å². The highest BCUT2D eigenvalue weighted by molar-refractivity contribution is 5.89. The summed E-state index contributed by atoms with van der Waals surface area (Å²) in [7, 11) is 0. The summed E-state index contributed by atoms with van der Waals surface area (Å²) in [4.78, 5) is 21.5. The SMILES string of the molecule is Fc1cccnc1N1CC2CC1CN2c1ncnc2cnccc12. The third-order valence-electron chi connectivity index (χ3n) is 4.94. The highest BCUT2D eigenvalue weighted by Crippen LogP contribution is 2.38. The van der Waals surface area contributed by atoms with E-state index in [2.05, 4.69) is 29.7 Å². The zero-order valence-corrected chi connectivity index (χ0v) is 12.9. The van der Waals surface area contributed by atoms with Gasteiger partial charge < -0.3 is 9.80 Å². The van der Waals surface area contributed by atoms with Gasteiger partial charge in [0.05, 0.1) is 23.8 Å². The van der Waals surface area contributed by atoms with Crippen LogP contribution in [0.1, 0.15) is 6.42 Å². The summed E-state index contributed by atoms with van der Waals surface area (Å²) in [6.45, 7) is 1.57. The Labute approximate surface area is 138 Å². The molecule has 0 radical (unpaired) electrons. The number of hydrogen-bond donors (Lipinski definition) is 0. The molecule has 0 spiro atoms. The van der Waals surface area contributed by atoms with E-state index in [1.807, 2.05) is 6.07 Å². The first-order valence-electron chi connectivity index (χ1n) is 8.00. The molecule has 0 aromatic carbocycles. The van der Waals surface area contributed by atoms with Crippen LogP contribution in [0, 0.1) is 5.82 Å². The summed E-state index contributed by atoms with van der Waals surface area (Å²) >= 11 is 0. The molecule has 5 rings (SSSR count). The Morgan fingerprint density at radius 1 is 0.958 bits per heavy atom. The van der Waals surface area contributed by atoms with Crippen molar-refractivity contribution >= 4 is 22.5 Å². The van der Waals surface area contributed by atoms with E-state index in [1.165, 1.54) is 6.07 Å². The number of nitrogens with zero attached hydrogens (tertiary/aromatic N) is 6. The summed E-state index contributed by atoms with van der Waals surface area (Å²) in [5, 5.41) is 1.01. The number of halogens is 1. The first kappa shape index (κ1) is 13.6. The maximum absolute atomic E-state index is 14.0. The van der Waals surface area contributed by atoms with Crippen LogP contribution < -0.4 is 9.80 Å². The van der Waals surface area contributed by atoms with Gasteiger partial charge in [0.15, 0.2) is 11.6 Å². The zero-order chi connectivity index (χ0) is 16.1.